The summed E-state index contributed by atoms with van der Waals surface area (Å²) in [6.45, 7) is 3.75. The fourth-order valence-electron chi connectivity index (χ4n) is 3.62. The number of hydrogen-bond donors (Lipinski definition) is 0. The van der Waals surface area contributed by atoms with Crippen molar-refractivity contribution in [1.82, 2.24) is 15.1 Å². The van der Waals surface area contributed by atoms with E-state index in [0.29, 0.717) is 23.3 Å². The zero-order valence-electron chi connectivity index (χ0n) is 16.1. The summed E-state index contributed by atoms with van der Waals surface area (Å²) in [6, 6.07) is 16.4. The second-order valence-electron chi connectivity index (χ2n) is 7.37. The summed E-state index contributed by atoms with van der Waals surface area (Å²) in [6.07, 6.45) is 3.95. The summed E-state index contributed by atoms with van der Waals surface area (Å²) in [5.74, 6) is 1.04. The van der Waals surface area contributed by atoms with Crippen molar-refractivity contribution in [3.63, 3.8) is 0 Å². The molecule has 4 rings (SSSR count). The van der Waals surface area contributed by atoms with Gasteiger partial charge in [0.25, 0.3) is 0 Å². The molecule has 1 aliphatic heterocycles. The largest absolute Gasteiger partial charge is 0.419 e. The van der Waals surface area contributed by atoms with Gasteiger partial charge in [-0.3, -0.25) is 4.90 Å². The highest BCUT2D eigenvalue weighted by Crippen LogP contribution is 2.26. The molecule has 0 atom stereocenters. The summed E-state index contributed by atoms with van der Waals surface area (Å²) in [7, 11) is 2.05. The summed E-state index contributed by atoms with van der Waals surface area (Å²) >= 11 is 6.21. The Hall–Kier alpha value is -2.37. The normalized spacial score (nSPS) is 14.6. The van der Waals surface area contributed by atoms with Gasteiger partial charge in [0.05, 0.1) is 17.1 Å². The van der Waals surface area contributed by atoms with Crippen LogP contribution in [0.15, 0.2) is 52.9 Å². The van der Waals surface area contributed by atoms with Crippen LogP contribution in [0.25, 0.3) is 11.5 Å². The molecule has 1 aromatic heterocycles. The molecular weight excluding hydrogens is 372 g/mol. The first kappa shape index (κ1) is 19.0. The Morgan fingerprint density at radius 1 is 0.964 bits per heavy atom. The van der Waals surface area contributed by atoms with E-state index in [1.165, 1.54) is 43.6 Å². The van der Waals surface area contributed by atoms with Gasteiger partial charge in [0, 0.05) is 25.3 Å². The van der Waals surface area contributed by atoms with Crippen molar-refractivity contribution >= 4 is 17.3 Å². The molecule has 5 nitrogen and oxygen atoms in total. The van der Waals surface area contributed by atoms with Crippen LogP contribution in [0.3, 0.4) is 0 Å². The lowest BCUT2D eigenvalue weighted by Gasteiger charge is -2.29. The standard InChI is InChI=1S/C22H25ClN4O/c1-26(15-17-9-11-18(12-10-17)27-13-5-2-6-14-27)16-21-24-25-22(28-21)19-7-3-4-8-20(19)23/h3-4,7-12H,2,5-6,13-16H2,1H3. The number of halogens is 1. The molecule has 0 unspecified atom stereocenters. The van der Waals surface area contributed by atoms with Crippen LogP contribution in [-0.2, 0) is 13.1 Å². The monoisotopic (exact) mass is 396 g/mol. The minimum atomic E-state index is 0.458. The van der Waals surface area contributed by atoms with Crippen molar-refractivity contribution in [2.45, 2.75) is 32.4 Å². The van der Waals surface area contributed by atoms with Crippen LogP contribution >= 0.6 is 11.6 Å². The average Bonchev–Trinajstić information content (AvgIpc) is 3.17. The molecule has 6 heteroatoms. The Kier molecular flexibility index (Phi) is 5.93. The first-order valence-electron chi connectivity index (χ1n) is 9.79. The fraction of sp³-hybridized carbons (Fsp3) is 0.364. The Morgan fingerprint density at radius 2 is 1.71 bits per heavy atom. The van der Waals surface area contributed by atoms with E-state index in [-0.39, 0.29) is 0 Å². The topological polar surface area (TPSA) is 45.4 Å². The van der Waals surface area contributed by atoms with Crippen LogP contribution in [0, 0.1) is 0 Å². The molecule has 3 aromatic rings. The van der Waals surface area contributed by atoms with Crippen molar-refractivity contribution in [2.75, 3.05) is 25.0 Å². The van der Waals surface area contributed by atoms with E-state index < -0.39 is 0 Å². The third kappa shape index (κ3) is 4.54. The van der Waals surface area contributed by atoms with Crippen molar-refractivity contribution in [3.8, 4) is 11.5 Å². The van der Waals surface area contributed by atoms with Gasteiger partial charge in [-0.25, -0.2) is 0 Å². The van der Waals surface area contributed by atoms with Crippen molar-refractivity contribution in [2.24, 2.45) is 0 Å². The first-order chi connectivity index (χ1) is 13.7. The smallest absolute Gasteiger partial charge is 0.249 e. The maximum atomic E-state index is 6.21. The van der Waals surface area contributed by atoms with Gasteiger partial charge in [0.1, 0.15) is 0 Å². The molecule has 2 aromatic carbocycles. The molecule has 0 aliphatic carbocycles. The van der Waals surface area contributed by atoms with Crippen LogP contribution in [0.2, 0.25) is 5.02 Å². The number of anilines is 1. The number of benzene rings is 2. The minimum absolute atomic E-state index is 0.458. The highest BCUT2D eigenvalue weighted by atomic mass is 35.5. The molecule has 146 valence electrons. The highest BCUT2D eigenvalue weighted by Gasteiger charge is 2.14. The van der Waals surface area contributed by atoms with E-state index >= 15 is 0 Å². The molecule has 0 saturated carbocycles. The molecule has 1 fully saturated rings. The van der Waals surface area contributed by atoms with E-state index in [4.69, 9.17) is 16.0 Å². The molecule has 0 radical (unpaired) electrons. The lowest BCUT2D eigenvalue weighted by atomic mass is 10.1. The van der Waals surface area contributed by atoms with E-state index in [1.807, 2.05) is 24.3 Å². The molecule has 1 saturated heterocycles. The van der Waals surface area contributed by atoms with Gasteiger partial charge in [-0.15, -0.1) is 10.2 Å². The van der Waals surface area contributed by atoms with E-state index in [9.17, 15) is 0 Å². The van der Waals surface area contributed by atoms with Gasteiger partial charge in [0.2, 0.25) is 11.8 Å². The highest BCUT2D eigenvalue weighted by molar-refractivity contribution is 6.33. The molecule has 1 aliphatic rings. The number of hydrogen-bond acceptors (Lipinski definition) is 5. The third-order valence-electron chi connectivity index (χ3n) is 5.09. The first-order valence-corrected chi connectivity index (χ1v) is 10.2. The van der Waals surface area contributed by atoms with Gasteiger partial charge < -0.3 is 9.32 Å². The van der Waals surface area contributed by atoms with E-state index in [1.54, 1.807) is 0 Å². The molecule has 2 heterocycles. The Balaban J connectivity index is 1.35. The zero-order valence-corrected chi connectivity index (χ0v) is 16.9. The lowest BCUT2D eigenvalue weighted by molar-refractivity contribution is 0.283. The van der Waals surface area contributed by atoms with Crippen molar-refractivity contribution < 1.29 is 4.42 Å². The predicted octanol–water partition coefficient (Wildman–Crippen LogP) is 5.01. The maximum Gasteiger partial charge on any atom is 0.249 e. The van der Waals surface area contributed by atoms with Gasteiger partial charge in [-0.05, 0) is 56.1 Å². The predicted molar refractivity (Wildman–Crippen MR) is 112 cm³/mol. The van der Waals surface area contributed by atoms with Gasteiger partial charge in [-0.1, -0.05) is 35.9 Å². The van der Waals surface area contributed by atoms with Gasteiger partial charge in [-0.2, -0.15) is 0 Å². The van der Waals surface area contributed by atoms with Crippen LogP contribution < -0.4 is 4.90 Å². The Bertz CT molecular complexity index is 903. The maximum absolute atomic E-state index is 6.21. The second kappa shape index (κ2) is 8.76. The molecule has 0 N–H and O–H groups in total. The number of aromatic nitrogens is 2. The molecule has 0 bridgehead atoms. The summed E-state index contributed by atoms with van der Waals surface area (Å²) < 4.78 is 5.80. The van der Waals surface area contributed by atoms with Crippen molar-refractivity contribution in [1.29, 1.82) is 0 Å². The van der Waals surface area contributed by atoms with Crippen LogP contribution in [-0.4, -0.2) is 35.2 Å². The third-order valence-corrected chi connectivity index (χ3v) is 5.42. The summed E-state index contributed by atoms with van der Waals surface area (Å²) in [5.41, 5.74) is 3.36. The average molecular weight is 397 g/mol. The molecule has 0 amide bonds. The van der Waals surface area contributed by atoms with Crippen LogP contribution in [0.5, 0.6) is 0 Å². The lowest BCUT2D eigenvalue weighted by Crippen LogP contribution is -2.29. The fourth-order valence-corrected chi connectivity index (χ4v) is 3.84. The number of rotatable bonds is 6. The van der Waals surface area contributed by atoms with E-state index in [0.717, 1.165) is 12.1 Å². The number of piperidine rings is 1. The SMILES string of the molecule is CN(Cc1ccc(N2CCCCC2)cc1)Cc1nnc(-c2ccccc2Cl)o1. The second-order valence-corrected chi connectivity index (χ2v) is 7.77. The molecular formula is C22H25ClN4O. The number of nitrogens with zero attached hydrogens (tertiary/aromatic N) is 4. The minimum Gasteiger partial charge on any atom is -0.419 e. The van der Waals surface area contributed by atoms with E-state index in [2.05, 4.69) is 51.3 Å². The van der Waals surface area contributed by atoms with Crippen LogP contribution in [0.1, 0.15) is 30.7 Å². The van der Waals surface area contributed by atoms with Crippen molar-refractivity contribution in [3.05, 3.63) is 65.0 Å². The van der Waals surface area contributed by atoms with Gasteiger partial charge in [0.15, 0.2) is 0 Å². The molecule has 28 heavy (non-hydrogen) atoms. The van der Waals surface area contributed by atoms with Gasteiger partial charge >= 0.3 is 0 Å². The summed E-state index contributed by atoms with van der Waals surface area (Å²) in [5, 5.41) is 8.92. The van der Waals surface area contributed by atoms with Crippen LogP contribution in [0.4, 0.5) is 5.69 Å². The Labute approximate surface area is 170 Å². The molecule has 0 spiro atoms. The quantitative estimate of drug-likeness (QED) is 0.585. The summed E-state index contributed by atoms with van der Waals surface area (Å²) in [4.78, 5) is 4.64. The Morgan fingerprint density at radius 3 is 2.46 bits per heavy atom. The zero-order chi connectivity index (χ0) is 19.3.